The van der Waals surface area contributed by atoms with Gasteiger partial charge in [0.05, 0.1) is 16.5 Å². The highest BCUT2D eigenvalue weighted by atomic mass is 79.9. The number of amides is 1. The van der Waals surface area contributed by atoms with E-state index < -0.39 is 11.4 Å². The molecular weight excluding hydrogens is 429 g/mol. The third-order valence-corrected chi connectivity index (χ3v) is 5.88. The topological polar surface area (TPSA) is 55.8 Å². The van der Waals surface area contributed by atoms with Crippen LogP contribution in [0.1, 0.15) is 35.2 Å². The summed E-state index contributed by atoms with van der Waals surface area (Å²) < 4.78 is 25.5. The van der Waals surface area contributed by atoms with Gasteiger partial charge in [-0.15, -0.1) is 0 Å². The Balaban J connectivity index is 1.39. The van der Waals surface area contributed by atoms with Gasteiger partial charge in [-0.3, -0.25) is 4.79 Å². The Bertz CT molecular complexity index is 910. The normalized spacial score (nSPS) is 17.8. The maximum absolute atomic E-state index is 13.7. The lowest BCUT2D eigenvalue weighted by Gasteiger charge is -2.43. The second kappa shape index (κ2) is 7.54. The molecule has 0 N–H and O–H groups in total. The van der Waals surface area contributed by atoms with Gasteiger partial charge in [0.25, 0.3) is 0 Å². The Morgan fingerprint density at radius 2 is 1.93 bits per heavy atom. The molecule has 0 unspecified atom stereocenters. The summed E-state index contributed by atoms with van der Waals surface area (Å²) in [6, 6.07) is 12.2. The molecule has 0 bridgehead atoms. The lowest BCUT2D eigenvalue weighted by Crippen LogP contribution is -2.52. The van der Waals surface area contributed by atoms with Gasteiger partial charge in [0.2, 0.25) is 0 Å². The fourth-order valence-electron chi connectivity index (χ4n) is 3.67. The van der Waals surface area contributed by atoms with Gasteiger partial charge in [0, 0.05) is 25.9 Å². The number of ketones is 1. The Labute approximate surface area is 170 Å². The molecule has 0 radical (unpaired) electrons. The molecular formula is C21H19BrFNO4. The first-order chi connectivity index (χ1) is 13.5. The lowest BCUT2D eigenvalue weighted by molar-refractivity contribution is -0.00999. The smallest absolute Gasteiger partial charge is 0.410 e. The minimum Gasteiger partial charge on any atom is -0.486 e. The highest BCUT2D eigenvalue weighted by Gasteiger charge is 2.44. The van der Waals surface area contributed by atoms with Gasteiger partial charge < -0.3 is 14.4 Å². The van der Waals surface area contributed by atoms with Gasteiger partial charge in [-0.25, -0.2) is 9.18 Å². The van der Waals surface area contributed by atoms with Crippen LogP contribution in [0.15, 0.2) is 46.9 Å². The molecule has 0 aliphatic carbocycles. The molecule has 1 spiro atoms. The first-order valence-electron chi connectivity index (χ1n) is 9.13. The van der Waals surface area contributed by atoms with Crippen molar-refractivity contribution in [2.75, 3.05) is 13.1 Å². The molecule has 0 atom stereocenters. The zero-order chi connectivity index (χ0) is 19.7. The average Bonchev–Trinajstić information content (AvgIpc) is 2.69. The predicted octanol–water partition coefficient (Wildman–Crippen LogP) is 4.72. The van der Waals surface area contributed by atoms with Gasteiger partial charge in [0.1, 0.15) is 23.8 Å². The number of ether oxygens (including phenoxy) is 2. The third-order valence-electron chi connectivity index (χ3n) is 5.27. The fourth-order valence-corrected chi connectivity index (χ4v) is 4.00. The van der Waals surface area contributed by atoms with Gasteiger partial charge in [-0.05, 0) is 33.6 Å². The molecule has 146 valence electrons. The van der Waals surface area contributed by atoms with Crippen LogP contribution in [0.4, 0.5) is 9.18 Å². The Hall–Kier alpha value is -2.41. The zero-order valence-electron chi connectivity index (χ0n) is 15.1. The van der Waals surface area contributed by atoms with Crippen molar-refractivity contribution in [2.45, 2.75) is 31.5 Å². The predicted molar refractivity (Wildman–Crippen MR) is 104 cm³/mol. The summed E-state index contributed by atoms with van der Waals surface area (Å²) in [5.74, 6) is -0.222. The number of carbonyl (C=O) groups is 2. The molecule has 28 heavy (non-hydrogen) atoms. The summed E-state index contributed by atoms with van der Waals surface area (Å²) in [6.45, 7) is 1.11. The standard InChI is InChI=1S/C21H19BrFNO4/c22-16-11-19-15(10-17(16)23)18(25)12-21(28-19)6-8-24(9-7-21)20(26)27-13-14-4-2-1-3-5-14/h1-5,10-11H,6-9,12-13H2. The van der Waals surface area contributed by atoms with E-state index in [1.54, 1.807) is 4.90 Å². The van der Waals surface area contributed by atoms with E-state index in [0.717, 1.165) is 5.56 Å². The van der Waals surface area contributed by atoms with Crippen molar-refractivity contribution in [3.63, 3.8) is 0 Å². The van der Waals surface area contributed by atoms with E-state index in [2.05, 4.69) is 15.9 Å². The minimum absolute atomic E-state index is 0.132. The van der Waals surface area contributed by atoms with E-state index in [9.17, 15) is 14.0 Å². The molecule has 2 aliphatic rings. The summed E-state index contributed by atoms with van der Waals surface area (Å²) in [7, 11) is 0. The minimum atomic E-state index is -0.655. The van der Waals surface area contributed by atoms with Crippen LogP contribution in [0.25, 0.3) is 0 Å². The van der Waals surface area contributed by atoms with Gasteiger partial charge in [-0.1, -0.05) is 30.3 Å². The molecule has 1 fully saturated rings. The number of fused-ring (bicyclic) bond motifs is 1. The number of halogens is 2. The zero-order valence-corrected chi connectivity index (χ0v) is 16.7. The summed E-state index contributed by atoms with van der Waals surface area (Å²) in [4.78, 5) is 26.5. The first kappa shape index (κ1) is 18.9. The van der Waals surface area contributed by atoms with E-state index in [1.807, 2.05) is 30.3 Å². The van der Waals surface area contributed by atoms with Crippen molar-refractivity contribution in [2.24, 2.45) is 0 Å². The van der Waals surface area contributed by atoms with Gasteiger partial charge in [0.15, 0.2) is 5.78 Å². The lowest BCUT2D eigenvalue weighted by atomic mass is 9.82. The van der Waals surface area contributed by atoms with Gasteiger partial charge in [-0.2, -0.15) is 0 Å². The molecule has 0 saturated carbocycles. The van der Waals surface area contributed by atoms with Crippen molar-refractivity contribution in [3.8, 4) is 5.75 Å². The SMILES string of the molecule is O=C1CC2(CCN(C(=O)OCc3ccccc3)CC2)Oc2cc(Br)c(F)cc21. The maximum Gasteiger partial charge on any atom is 0.410 e. The number of piperidine rings is 1. The number of rotatable bonds is 2. The second-order valence-electron chi connectivity index (χ2n) is 7.17. The van der Waals surface area contributed by atoms with Crippen molar-refractivity contribution in [1.82, 2.24) is 4.90 Å². The van der Waals surface area contributed by atoms with Crippen molar-refractivity contribution < 1.29 is 23.5 Å². The molecule has 4 rings (SSSR count). The van der Waals surface area contributed by atoms with Crippen LogP contribution in [0, 0.1) is 5.82 Å². The van der Waals surface area contributed by atoms with Crippen LogP contribution in [-0.2, 0) is 11.3 Å². The largest absolute Gasteiger partial charge is 0.486 e. The van der Waals surface area contributed by atoms with E-state index in [0.29, 0.717) is 31.7 Å². The molecule has 1 saturated heterocycles. The average molecular weight is 448 g/mol. The van der Waals surface area contributed by atoms with Gasteiger partial charge >= 0.3 is 6.09 Å². The van der Waals surface area contributed by atoms with E-state index in [4.69, 9.17) is 9.47 Å². The van der Waals surface area contributed by atoms with Crippen LogP contribution in [0.2, 0.25) is 0 Å². The molecule has 1 amide bonds. The van der Waals surface area contributed by atoms with E-state index >= 15 is 0 Å². The van der Waals surface area contributed by atoms with Crippen LogP contribution < -0.4 is 4.74 Å². The van der Waals surface area contributed by atoms with Crippen LogP contribution in [0.3, 0.4) is 0 Å². The number of likely N-dealkylation sites (tertiary alicyclic amines) is 1. The highest BCUT2D eigenvalue weighted by molar-refractivity contribution is 9.10. The number of hydrogen-bond donors (Lipinski definition) is 0. The molecule has 2 heterocycles. The fraction of sp³-hybridized carbons (Fsp3) is 0.333. The van der Waals surface area contributed by atoms with Crippen molar-refractivity contribution in [1.29, 1.82) is 0 Å². The summed E-state index contributed by atoms with van der Waals surface area (Å²) in [5, 5.41) is 0. The number of carbonyl (C=O) groups excluding carboxylic acids is 2. The monoisotopic (exact) mass is 447 g/mol. The number of nitrogens with zero attached hydrogens (tertiary/aromatic N) is 1. The van der Waals surface area contributed by atoms with Crippen LogP contribution in [-0.4, -0.2) is 35.5 Å². The second-order valence-corrected chi connectivity index (χ2v) is 8.03. The molecule has 2 aliphatic heterocycles. The molecule has 2 aromatic rings. The Kier molecular flexibility index (Phi) is 5.10. The maximum atomic E-state index is 13.7. The Morgan fingerprint density at radius 1 is 1.21 bits per heavy atom. The molecule has 2 aromatic carbocycles. The van der Waals surface area contributed by atoms with E-state index in [1.165, 1.54) is 12.1 Å². The Morgan fingerprint density at radius 3 is 2.64 bits per heavy atom. The van der Waals surface area contributed by atoms with E-state index in [-0.39, 0.29) is 34.9 Å². The van der Waals surface area contributed by atoms with Crippen LogP contribution >= 0.6 is 15.9 Å². The summed E-state index contributed by atoms with van der Waals surface area (Å²) in [6.07, 6.45) is 0.862. The quantitative estimate of drug-likeness (QED) is 0.667. The third kappa shape index (κ3) is 3.76. The van der Waals surface area contributed by atoms with Crippen molar-refractivity contribution in [3.05, 3.63) is 63.9 Å². The number of hydrogen-bond acceptors (Lipinski definition) is 4. The molecule has 7 heteroatoms. The number of benzene rings is 2. The number of Topliss-reactive ketones (excluding diaryl/α,β-unsaturated/α-hetero) is 1. The molecule has 5 nitrogen and oxygen atoms in total. The highest BCUT2D eigenvalue weighted by Crippen LogP contribution is 2.41. The van der Waals surface area contributed by atoms with Crippen LogP contribution in [0.5, 0.6) is 5.75 Å². The first-order valence-corrected chi connectivity index (χ1v) is 9.92. The molecule has 0 aromatic heterocycles. The summed E-state index contributed by atoms with van der Waals surface area (Å²) in [5.41, 5.74) is 0.549. The summed E-state index contributed by atoms with van der Waals surface area (Å²) >= 11 is 3.14. The van der Waals surface area contributed by atoms with Crippen molar-refractivity contribution >= 4 is 27.8 Å².